The molecule has 2 aliphatic rings. The molecule has 2 aromatic carbocycles. The monoisotopic (exact) mass is 475 g/mol. The van der Waals surface area contributed by atoms with Crippen molar-refractivity contribution in [3.63, 3.8) is 0 Å². The number of anilines is 1. The number of thioether (sulfide) groups is 1. The van der Waals surface area contributed by atoms with E-state index in [0.717, 1.165) is 35.8 Å². The maximum absolute atomic E-state index is 13.4. The van der Waals surface area contributed by atoms with E-state index in [0.29, 0.717) is 35.6 Å². The van der Waals surface area contributed by atoms with E-state index in [2.05, 4.69) is 11.0 Å². The highest BCUT2D eigenvalue weighted by Crippen LogP contribution is 2.37. The van der Waals surface area contributed by atoms with Gasteiger partial charge in [0.05, 0.1) is 43.7 Å². The molecule has 0 N–H and O–H groups in total. The number of hydrogen-bond acceptors (Lipinski definition) is 7. The van der Waals surface area contributed by atoms with Crippen molar-refractivity contribution in [2.75, 3.05) is 38.3 Å². The zero-order valence-electron chi connectivity index (χ0n) is 18.8. The van der Waals surface area contributed by atoms with E-state index in [9.17, 15) is 4.79 Å². The van der Waals surface area contributed by atoms with Crippen molar-refractivity contribution in [3.05, 3.63) is 83.2 Å². The third-order valence-corrected chi connectivity index (χ3v) is 6.65. The van der Waals surface area contributed by atoms with Crippen molar-refractivity contribution >= 4 is 40.3 Å². The summed E-state index contributed by atoms with van der Waals surface area (Å²) in [4.78, 5) is 22.6. The molecule has 0 spiro atoms. The Morgan fingerprint density at radius 3 is 2.65 bits per heavy atom. The molecule has 8 heteroatoms. The molecule has 1 amide bonds. The first-order chi connectivity index (χ1) is 16.7. The highest BCUT2D eigenvalue weighted by molar-refractivity contribution is 8.18. The summed E-state index contributed by atoms with van der Waals surface area (Å²) < 4.78 is 16.6. The second kappa shape index (κ2) is 10.2. The number of benzene rings is 2. The first kappa shape index (κ1) is 22.3. The Hall–Kier alpha value is -3.49. The summed E-state index contributed by atoms with van der Waals surface area (Å²) in [5, 5.41) is 0.614. The molecule has 2 saturated heterocycles. The van der Waals surface area contributed by atoms with Crippen molar-refractivity contribution in [2.24, 2.45) is 4.99 Å². The number of amidine groups is 1. The van der Waals surface area contributed by atoms with Crippen LogP contribution < -0.4 is 9.64 Å². The van der Waals surface area contributed by atoms with Crippen molar-refractivity contribution in [3.8, 4) is 5.75 Å². The number of morpholine rings is 1. The van der Waals surface area contributed by atoms with E-state index >= 15 is 0 Å². The molecule has 2 fully saturated rings. The molecule has 2 aliphatic heterocycles. The average Bonchev–Trinajstić information content (AvgIpc) is 3.50. The fourth-order valence-corrected chi connectivity index (χ4v) is 4.87. The lowest BCUT2D eigenvalue weighted by Crippen LogP contribution is -2.36. The summed E-state index contributed by atoms with van der Waals surface area (Å²) in [7, 11) is 1.65. The Balaban J connectivity index is 1.46. The summed E-state index contributed by atoms with van der Waals surface area (Å²) in [6.45, 7) is 3.44. The Morgan fingerprint density at radius 1 is 1.09 bits per heavy atom. The smallest absolute Gasteiger partial charge is 0.267 e. The first-order valence-corrected chi connectivity index (χ1v) is 11.9. The number of carbonyl (C=O) groups is 1. The van der Waals surface area contributed by atoms with Gasteiger partial charge in [0.15, 0.2) is 5.17 Å². The Bertz CT molecular complexity index is 1200. The van der Waals surface area contributed by atoms with Gasteiger partial charge < -0.3 is 18.8 Å². The number of nitrogens with zero attached hydrogens (tertiary/aromatic N) is 3. The van der Waals surface area contributed by atoms with E-state index in [4.69, 9.17) is 18.9 Å². The van der Waals surface area contributed by atoms with Crippen LogP contribution in [-0.4, -0.2) is 49.4 Å². The summed E-state index contributed by atoms with van der Waals surface area (Å²) >= 11 is 1.35. The fraction of sp³-hybridized carbons (Fsp3) is 0.231. The van der Waals surface area contributed by atoms with Gasteiger partial charge in [0.2, 0.25) is 0 Å². The number of para-hydroxylation sites is 1. The molecule has 3 aromatic rings. The molecular formula is C26H25N3O4S. The summed E-state index contributed by atoms with van der Waals surface area (Å²) in [5.74, 6) is 1.30. The van der Waals surface area contributed by atoms with Gasteiger partial charge in [-0.15, -0.1) is 0 Å². The summed E-state index contributed by atoms with van der Waals surface area (Å²) in [6, 6.07) is 19.4. The van der Waals surface area contributed by atoms with Crippen LogP contribution in [0.15, 0.2) is 81.2 Å². The Kier molecular flexibility index (Phi) is 6.69. The van der Waals surface area contributed by atoms with E-state index in [1.54, 1.807) is 18.3 Å². The van der Waals surface area contributed by atoms with Crippen molar-refractivity contribution in [1.82, 2.24) is 4.90 Å². The second-order valence-corrected chi connectivity index (χ2v) is 8.85. The lowest BCUT2D eigenvalue weighted by atomic mass is 10.1. The van der Waals surface area contributed by atoms with Gasteiger partial charge in [-0.3, -0.25) is 9.69 Å². The molecule has 0 saturated carbocycles. The predicted molar refractivity (Wildman–Crippen MR) is 134 cm³/mol. The first-order valence-electron chi connectivity index (χ1n) is 11.1. The normalized spacial score (nSPS) is 18.8. The number of amides is 1. The molecule has 5 rings (SSSR count). The summed E-state index contributed by atoms with van der Waals surface area (Å²) in [5.41, 5.74) is 2.71. The molecule has 0 radical (unpaired) electrons. The minimum atomic E-state index is -0.115. The highest BCUT2D eigenvalue weighted by atomic mass is 32.2. The number of carbonyl (C=O) groups excluding carboxylic acids is 1. The fourth-order valence-electron chi connectivity index (χ4n) is 3.88. The van der Waals surface area contributed by atoms with Gasteiger partial charge in [-0.05, 0) is 54.2 Å². The molecule has 7 nitrogen and oxygen atoms in total. The van der Waals surface area contributed by atoms with E-state index in [-0.39, 0.29) is 5.91 Å². The number of methoxy groups -OCH3 is 1. The average molecular weight is 476 g/mol. The van der Waals surface area contributed by atoms with E-state index < -0.39 is 0 Å². The number of rotatable bonds is 6. The third kappa shape index (κ3) is 4.88. The van der Waals surface area contributed by atoms with Crippen LogP contribution >= 0.6 is 11.8 Å². The standard InChI is InChI=1S/C26H25N3O4S/c1-31-23-17-21(28-11-14-32-15-12-28)10-9-19(23)16-24-25(30)29(18-22-8-5-13-33-22)26(34-24)27-20-6-3-2-4-7-20/h2-10,13,16-17H,11-12,14-15,18H2,1H3/b24-16-,27-26?. The van der Waals surface area contributed by atoms with Gasteiger partial charge in [0.25, 0.3) is 5.91 Å². The van der Waals surface area contributed by atoms with E-state index in [1.165, 1.54) is 11.8 Å². The SMILES string of the molecule is COc1cc(N2CCOCC2)ccc1/C=C1\SC(=Nc2ccccc2)N(Cc2ccco2)C1=O. The molecule has 0 aliphatic carbocycles. The predicted octanol–water partition coefficient (Wildman–Crippen LogP) is 4.93. The maximum atomic E-state index is 13.4. The van der Waals surface area contributed by atoms with Crippen molar-refractivity contribution < 1.29 is 18.7 Å². The van der Waals surface area contributed by atoms with Crippen LogP contribution in [0.2, 0.25) is 0 Å². The highest BCUT2D eigenvalue weighted by Gasteiger charge is 2.34. The minimum Gasteiger partial charge on any atom is -0.496 e. The maximum Gasteiger partial charge on any atom is 0.267 e. The molecule has 0 bridgehead atoms. The second-order valence-electron chi connectivity index (χ2n) is 7.84. The molecule has 1 aromatic heterocycles. The van der Waals surface area contributed by atoms with Gasteiger partial charge in [-0.2, -0.15) is 0 Å². The number of ether oxygens (including phenoxy) is 2. The van der Waals surface area contributed by atoms with Crippen LogP contribution in [0.5, 0.6) is 5.75 Å². The van der Waals surface area contributed by atoms with Crippen molar-refractivity contribution in [1.29, 1.82) is 0 Å². The van der Waals surface area contributed by atoms with Gasteiger partial charge in [0, 0.05) is 30.4 Å². The zero-order valence-corrected chi connectivity index (χ0v) is 19.7. The zero-order chi connectivity index (χ0) is 23.3. The number of hydrogen-bond donors (Lipinski definition) is 0. The van der Waals surface area contributed by atoms with Gasteiger partial charge >= 0.3 is 0 Å². The Morgan fingerprint density at radius 2 is 1.91 bits per heavy atom. The van der Waals surface area contributed by atoms with Crippen LogP contribution in [0.1, 0.15) is 11.3 Å². The van der Waals surface area contributed by atoms with Crippen LogP contribution in [0.4, 0.5) is 11.4 Å². The molecule has 174 valence electrons. The van der Waals surface area contributed by atoms with Crippen LogP contribution in [0, 0.1) is 0 Å². The lowest BCUT2D eigenvalue weighted by molar-refractivity contribution is -0.122. The molecular weight excluding hydrogens is 450 g/mol. The van der Waals surface area contributed by atoms with Crippen LogP contribution in [-0.2, 0) is 16.1 Å². The van der Waals surface area contributed by atoms with Gasteiger partial charge in [-0.1, -0.05) is 18.2 Å². The van der Waals surface area contributed by atoms with Gasteiger partial charge in [0.1, 0.15) is 11.5 Å². The third-order valence-electron chi connectivity index (χ3n) is 5.64. The lowest BCUT2D eigenvalue weighted by Gasteiger charge is -2.29. The quantitative estimate of drug-likeness (QED) is 0.471. The molecule has 0 unspecified atom stereocenters. The van der Waals surface area contributed by atoms with Crippen LogP contribution in [0.25, 0.3) is 6.08 Å². The van der Waals surface area contributed by atoms with Crippen molar-refractivity contribution in [2.45, 2.75) is 6.54 Å². The number of furan rings is 1. The molecule has 34 heavy (non-hydrogen) atoms. The minimum absolute atomic E-state index is 0.115. The van der Waals surface area contributed by atoms with Gasteiger partial charge in [-0.25, -0.2) is 4.99 Å². The van der Waals surface area contributed by atoms with Crippen LogP contribution in [0.3, 0.4) is 0 Å². The van der Waals surface area contributed by atoms with E-state index in [1.807, 2.05) is 60.7 Å². The largest absolute Gasteiger partial charge is 0.496 e. The topological polar surface area (TPSA) is 67.5 Å². The Labute approximate surface area is 202 Å². The molecule has 0 atom stereocenters. The number of aliphatic imine (C=N–C) groups is 1. The summed E-state index contributed by atoms with van der Waals surface area (Å²) in [6.07, 6.45) is 3.48. The molecule has 3 heterocycles.